The molecule has 0 aliphatic heterocycles. The second kappa shape index (κ2) is 10.7. The fraction of sp³-hybridized carbons (Fsp3) is 0.345. The number of amides is 1. The molecule has 35 heavy (non-hydrogen) atoms. The van der Waals surface area contributed by atoms with Gasteiger partial charge in [0.15, 0.2) is 0 Å². The highest BCUT2D eigenvalue weighted by atomic mass is 16.5. The summed E-state index contributed by atoms with van der Waals surface area (Å²) in [6.45, 7) is 8.53. The molecular formula is C29H34N4O2. The average molecular weight is 471 g/mol. The highest BCUT2D eigenvalue weighted by molar-refractivity contribution is 5.92. The van der Waals surface area contributed by atoms with Gasteiger partial charge < -0.3 is 14.2 Å². The number of unbranched alkanes of at least 4 members (excludes halogenated alkanes) is 1. The van der Waals surface area contributed by atoms with Crippen molar-refractivity contribution in [1.82, 2.24) is 19.4 Å². The number of aryl methyl sites for hydroxylation is 1. The van der Waals surface area contributed by atoms with Gasteiger partial charge in [-0.3, -0.25) is 9.78 Å². The number of hydrogen-bond acceptors (Lipinski definition) is 4. The number of ether oxygens (including phenoxy) is 1. The molecule has 2 aromatic heterocycles. The Morgan fingerprint density at radius 3 is 2.43 bits per heavy atom. The third-order valence-electron chi connectivity index (χ3n) is 6.11. The van der Waals surface area contributed by atoms with Gasteiger partial charge in [0.05, 0.1) is 24.2 Å². The highest BCUT2D eigenvalue weighted by Crippen LogP contribution is 2.24. The van der Waals surface area contributed by atoms with Gasteiger partial charge in [-0.2, -0.15) is 0 Å². The molecule has 0 fully saturated rings. The fourth-order valence-electron chi connectivity index (χ4n) is 4.08. The lowest BCUT2D eigenvalue weighted by atomic mass is 9.87. The van der Waals surface area contributed by atoms with Crippen LogP contribution in [0.25, 0.3) is 11.0 Å². The normalized spacial score (nSPS) is 11.5. The number of pyridine rings is 1. The number of carbonyl (C=O) groups excluding carboxylic acids is 1. The maximum Gasteiger partial charge on any atom is 0.272 e. The molecule has 6 heteroatoms. The second-order valence-electron chi connectivity index (χ2n) is 9.87. The summed E-state index contributed by atoms with van der Waals surface area (Å²) < 4.78 is 8.19. The first-order valence-corrected chi connectivity index (χ1v) is 12.2. The number of benzene rings is 2. The van der Waals surface area contributed by atoms with E-state index in [1.807, 2.05) is 24.3 Å². The van der Waals surface area contributed by atoms with E-state index < -0.39 is 0 Å². The topological polar surface area (TPSA) is 60.2 Å². The fourth-order valence-corrected chi connectivity index (χ4v) is 4.08. The number of para-hydroxylation sites is 2. The average Bonchev–Trinajstić information content (AvgIpc) is 3.20. The van der Waals surface area contributed by atoms with Gasteiger partial charge in [-0.05, 0) is 60.2 Å². The lowest BCUT2D eigenvalue weighted by Gasteiger charge is -2.19. The van der Waals surface area contributed by atoms with E-state index in [4.69, 9.17) is 9.72 Å². The van der Waals surface area contributed by atoms with Gasteiger partial charge in [0.2, 0.25) is 0 Å². The minimum Gasteiger partial charge on any atom is -0.494 e. The molecule has 0 atom stereocenters. The first-order valence-electron chi connectivity index (χ1n) is 12.2. The van der Waals surface area contributed by atoms with E-state index in [9.17, 15) is 4.79 Å². The van der Waals surface area contributed by atoms with Gasteiger partial charge in [0.25, 0.3) is 5.91 Å². The van der Waals surface area contributed by atoms with E-state index in [0.29, 0.717) is 18.8 Å². The van der Waals surface area contributed by atoms with Crippen molar-refractivity contribution >= 4 is 16.9 Å². The van der Waals surface area contributed by atoms with Crippen LogP contribution in [-0.2, 0) is 18.5 Å². The van der Waals surface area contributed by atoms with Crippen molar-refractivity contribution in [3.05, 3.63) is 90.0 Å². The largest absolute Gasteiger partial charge is 0.494 e. The summed E-state index contributed by atoms with van der Waals surface area (Å²) in [7, 11) is 1.79. The molecule has 0 bridgehead atoms. The number of aromatic nitrogens is 3. The van der Waals surface area contributed by atoms with Crippen LogP contribution in [0.4, 0.5) is 0 Å². The quantitative estimate of drug-likeness (QED) is 0.288. The molecule has 0 unspecified atom stereocenters. The van der Waals surface area contributed by atoms with E-state index in [-0.39, 0.29) is 11.3 Å². The zero-order valence-electron chi connectivity index (χ0n) is 21.1. The molecule has 0 radical (unpaired) electrons. The van der Waals surface area contributed by atoms with Crippen LogP contribution in [0, 0.1) is 0 Å². The second-order valence-corrected chi connectivity index (χ2v) is 9.87. The molecule has 2 aromatic carbocycles. The third kappa shape index (κ3) is 6.07. The predicted octanol–water partition coefficient (Wildman–Crippen LogP) is 5.86. The Labute approximate surface area is 207 Å². The van der Waals surface area contributed by atoms with Crippen molar-refractivity contribution in [3.63, 3.8) is 0 Å². The standard InChI is InChI=1S/C29H34N4O2/c1-29(2,3)22-14-16-23(17-15-22)35-20-10-9-19-33-26-13-6-5-11-24(26)31-27(33)21-32(4)28(34)25-12-7-8-18-30-25/h5-8,11-18H,9-10,19-21H2,1-4H3. The molecule has 182 valence electrons. The maximum absolute atomic E-state index is 12.8. The molecule has 4 aromatic rings. The van der Waals surface area contributed by atoms with Gasteiger partial charge in [-0.25, -0.2) is 4.98 Å². The Kier molecular flexibility index (Phi) is 7.49. The molecule has 6 nitrogen and oxygen atoms in total. The summed E-state index contributed by atoms with van der Waals surface area (Å²) in [5.74, 6) is 1.66. The Morgan fingerprint density at radius 1 is 0.971 bits per heavy atom. The summed E-state index contributed by atoms with van der Waals surface area (Å²) >= 11 is 0. The van der Waals surface area contributed by atoms with Crippen LogP contribution in [-0.4, -0.2) is 39.0 Å². The van der Waals surface area contributed by atoms with E-state index in [2.05, 4.69) is 60.7 Å². The summed E-state index contributed by atoms with van der Waals surface area (Å²) in [6.07, 6.45) is 3.51. The van der Waals surface area contributed by atoms with Gasteiger partial charge in [-0.15, -0.1) is 0 Å². The third-order valence-corrected chi connectivity index (χ3v) is 6.11. The molecule has 0 spiro atoms. The maximum atomic E-state index is 12.8. The Hall–Kier alpha value is -3.67. The van der Waals surface area contributed by atoms with Crippen LogP contribution >= 0.6 is 0 Å². The molecule has 0 saturated heterocycles. The molecule has 0 aliphatic rings. The van der Waals surface area contributed by atoms with Gasteiger partial charge in [0.1, 0.15) is 17.3 Å². The van der Waals surface area contributed by atoms with Crippen LogP contribution in [0.3, 0.4) is 0 Å². The number of hydrogen-bond donors (Lipinski definition) is 0. The van der Waals surface area contributed by atoms with E-state index >= 15 is 0 Å². The molecular weight excluding hydrogens is 436 g/mol. The Bertz CT molecular complexity index is 1260. The first-order chi connectivity index (χ1) is 16.8. The summed E-state index contributed by atoms with van der Waals surface area (Å²) in [4.78, 5) is 23.5. The number of carbonyl (C=O) groups is 1. The van der Waals surface area contributed by atoms with Crippen molar-refractivity contribution in [1.29, 1.82) is 0 Å². The van der Waals surface area contributed by atoms with Crippen LogP contribution in [0.1, 0.15) is 55.5 Å². The van der Waals surface area contributed by atoms with Crippen molar-refractivity contribution in [2.24, 2.45) is 0 Å². The predicted molar refractivity (Wildman–Crippen MR) is 140 cm³/mol. The van der Waals surface area contributed by atoms with Crippen molar-refractivity contribution < 1.29 is 9.53 Å². The van der Waals surface area contributed by atoms with Crippen molar-refractivity contribution in [2.45, 2.75) is 52.1 Å². The molecule has 1 amide bonds. The molecule has 4 rings (SSSR count). The van der Waals surface area contributed by atoms with E-state index in [0.717, 1.165) is 42.0 Å². The summed E-state index contributed by atoms with van der Waals surface area (Å²) in [5.41, 5.74) is 3.90. The monoisotopic (exact) mass is 470 g/mol. The SMILES string of the molecule is CN(Cc1nc2ccccc2n1CCCCOc1ccc(C(C)(C)C)cc1)C(=O)c1ccccn1. The lowest BCUT2D eigenvalue weighted by Crippen LogP contribution is -2.28. The minimum absolute atomic E-state index is 0.116. The van der Waals surface area contributed by atoms with Crippen LogP contribution in [0.2, 0.25) is 0 Å². The molecule has 2 heterocycles. The van der Waals surface area contributed by atoms with Crippen LogP contribution in [0.5, 0.6) is 5.75 Å². The summed E-state index contributed by atoms with van der Waals surface area (Å²) in [6, 6.07) is 21.9. The number of rotatable bonds is 9. The smallest absolute Gasteiger partial charge is 0.272 e. The van der Waals surface area contributed by atoms with Crippen LogP contribution in [0.15, 0.2) is 72.9 Å². The number of fused-ring (bicyclic) bond motifs is 1. The molecule has 0 saturated carbocycles. The van der Waals surface area contributed by atoms with Gasteiger partial charge in [-0.1, -0.05) is 51.1 Å². The van der Waals surface area contributed by atoms with Crippen molar-refractivity contribution in [2.75, 3.05) is 13.7 Å². The van der Waals surface area contributed by atoms with Crippen LogP contribution < -0.4 is 4.74 Å². The zero-order chi connectivity index (χ0) is 24.8. The lowest BCUT2D eigenvalue weighted by molar-refractivity contribution is 0.0774. The van der Waals surface area contributed by atoms with E-state index in [1.54, 1.807) is 30.3 Å². The van der Waals surface area contributed by atoms with Gasteiger partial charge >= 0.3 is 0 Å². The zero-order valence-corrected chi connectivity index (χ0v) is 21.1. The number of imidazole rings is 1. The molecule has 0 aliphatic carbocycles. The van der Waals surface area contributed by atoms with E-state index in [1.165, 1.54) is 5.56 Å². The number of nitrogens with zero attached hydrogens (tertiary/aromatic N) is 4. The Morgan fingerprint density at radius 2 is 1.71 bits per heavy atom. The Balaban J connectivity index is 1.37. The summed E-state index contributed by atoms with van der Waals surface area (Å²) in [5, 5.41) is 0. The minimum atomic E-state index is -0.116. The first kappa shape index (κ1) is 24.5. The van der Waals surface area contributed by atoms with Gasteiger partial charge in [0, 0.05) is 19.8 Å². The molecule has 0 N–H and O–H groups in total. The highest BCUT2D eigenvalue weighted by Gasteiger charge is 2.18. The van der Waals surface area contributed by atoms with Crippen molar-refractivity contribution in [3.8, 4) is 5.75 Å².